The summed E-state index contributed by atoms with van der Waals surface area (Å²) in [5.74, 6) is 0.826. The third-order valence-electron chi connectivity index (χ3n) is 4.29. The fourth-order valence-corrected chi connectivity index (χ4v) is 3.08. The van der Waals surface area contributed by atoms with Crippen LogP contribution in [-0.2, 0) is 6.42 Å². The molecular weight excluding hydrogens is 256 g/mol. The molecule has 3 heteroatoms. The van der Waals surface area contributed by atoms with E-state index in [1.165, 1.54) is 24.1 Å². The first-order valence-corrected chi connectivity index (χ1v) is 7.81. The molecule has 1 heterocycles. The van der Waals surface area contributed by atoms with Gasteiger partial charge in [0.25, 0.3) is 0 Å². The van der Waals surface area contributed by atoms with Crippen molar-refractivity contribution in [2.45, 2.75) is 45.6 Å². The van der Waals surface area contributed by atoms with Gasteiger partial charge in [0, 0.05) is 29.8 Å². The fraction of sp³-hybridized carbons (Fsp3) is 0.625. The lowest BCUT2D eigenvalue weighted by atomic mass is 10.0. The van der Waals surface area contributed by atoms with Crippen molar-refractivity contribution < 1.29 is 0 Å². The van der Waals surface area contributed by atoms with E-state index in [9.17, 15) is 0 Å². The first kappa shape index (κ1) is 14.7. The molecule has 106 valence electrons. The molecule has 0 aromatic heterocycles. The monoisotopic (exact) mass is 280 g/mol. The minimum absolute atomic E-state index is 0.197. The van der Waals surface area contributed by atoms with Crippen molar-refractivity contribution in [1.29, 1.82) is 0 Å². The molecule has 1 aromatic rings. The van der Waals surface area contributed by atoms with Gasteiger partial charge >= 0.3 is 0 Å². The predicted molar refractivity (Wildman–Crippen MR) is 84.0 cm³/mol. The minimum atomic E-state index is 0.197. The summed E-state index contributed by atoms with van der Waals surface area (Å²) in [6.45, 7) is 6.71. The van der Waals surface area contributed by atoms with Crippen LogP contribution in [0.2, 0.25) is 5.02 Å². The number of benzene rings is 1. The lowest BCUT2D eigenvalue weighted by Crippen LogP contribution is -2.25. The number of nitrogens with zero attached hydrogens (tertiary/aromatic N) is 1. The van der Waals surface area contributed by atoms with Gasteiger partial charge in [-0.15, -0.1) is 0 Å². The number of nitrogens with two attached hydrogens (primary N) is 1. The average Bonchev–Trinajstić information content (AvgIpc) is 2.89. The number of rotatable bonds is 5. The largest absolute Gasteiger partial charge is 0.371 e. The molecule has 0 radical (unpaired) electrons. The molecule has 1 aliphatic heterocycles. The van der Waals surface area contributed by atoms with Crippen molar-refractivity contribution in [1.82, 2.24) is 0 Å². The summed E-state index contributed by atoms with van der Waals surface area (Å²) in [6.07, 6.45) is 4.42. The van der Waals surface area contributed by atoms with Crippen molar-refractivity contribution in [2.75, 3.05) is 18.0 Å². The van der Waals surface area contributed by atoms with E-state index < -0.39 is 0 Å². The van der Waals surface area contributed by atoms with E-state index in [0.29, 0.717) is 0 Å². The second-order valence-corrected chi connectivity index (χ2v) is 6.03. The van der Waals surface area contributed by atoms with E-state index in [2.05, 4.69) is 30.9 Å². The Bertz CT molecular complexity index is 419. The van der Waals surface area contributed by atoms with Gasteiger partial charge < -0.3 is 10.6 Å². The SMILES string of the molecule is CCC(N)Cc1c(Cl)cccc1N1CCC(CC)C1. The molecule has 2 rings (SSSR count). The maximum absolute atomic E-state index is 6.40. The quantitative estimate of drug-likeness (QED) is 0.887. The first-order valence-electron chi connectivity index (χ1n) is 7.43. The maximum atomic E-state index is 6.40. The van der Waals surface area contributed by atoms with Gasteiger partial charge in [0.15, 0.2) is 0 Å². The van der Waals surface area contributed by atoms with E-state index in [-0.39, 0.29) is 6.04 Å². The summed E-state index contributed by atoms with van der Waals surface area (Å²) in [5.41, 5.74) is 8.65. The van der Waals surface area contributed by atoms with Gasteiger partial charge in [-0.25, -0.2) is 0 Å². The smallest absolute Gasteiger partial charge is 0.0459 e. The Morgan fingerprint density at radius 1 is 1.42 bits per heavy atom. The van der Waals surface area contributed by atoms with Crippen molar-refractivity contribution in [3.8, 4) is 0 Å². The Balaban J connectivity index is 2.22. The van der Waals surface area contributed by atoms with Gasteiger partial charge in [0.05, 0.1) is 0 Å². The van der Waals surface area contributed by atoms with Crippen LogP contribution >= 0.6 is 11.6 Å². The van der Waals surface area contributed by atoms with E-state index in [1.807, 2.05) is 6.07 Å². The van der Waals surface area contributed by atoms with Crippen LogP contribution in [0.3, 0.4) is 0 Å². The third-order valence-corrected chi connectivity index (χ3v) is 4.64. The molecule has 19 heavy (non-hydrogen) atoms. The molecule has 0 amide bonds. The Kier molecular flexibility index (Phi) is 5.12. The maximum Gasteiger partial charge on any atom is 0.0459 e. The Labute approximate surface area is 121 Å². The average molecular weight is 281 g/mol. The molecule has 1 saturated heterocycles. The fourth-order valence-electron chi connectivity index (χ4n) is 2.84. The highest BCUT2D eigenvalue weighted by Gasteiger charge is 2.24. The van der Waals surface area contributed by atoms with E-state index >= 15 is 0 Å². The molecule has 0 saturated carbocycles. The summed E-state index contributed by atoms with van der Waals surface area (Å²) in [4.78, 5) is 2.48. The van der Waals surface area contributed by atoms with Crippen LogP contribution < -0.4 is 10.6 Å². The summed E-state index contributed by atoms with van der Waals surface area (Å²) >= 11 is 6.40. The number of hydrogen-bond acceptors (Lipinski definition) is 2. The van der Waals surface area contributed by atoms with Gasteiger partial charge in [0.2, 0.25) is 0 Å². The Hall–Kier alpha value is -0.730. The van der Waals surface area contributed by atoms with Crippen LogP contribution in [0.25, 0.3) is 0 Å². The van der Waals surface area contributed by atoms with Crippen LogP contribution in [0.1, 0.15) is 38.7 Å². The zero-order valence-electron chi connectivity index (χ0n) is 12.0. The van der Waals surface area contributed by atoms with Gasteiger partial charge in [0.1, 0.15) is 0 Å². The molecule has 0 bridgehead atoms. The number of hydrogen-bond donors (Lipinski definition) is 1. The second kappa shape index (κ2) is 6.62. The highest BCUT2D eigenvalue weighted by atomic mass is 35.5. The zero-order chi connectivity index (χ0) is 13.8. The number of anilines is 1. The Morgan fingerprint density at radius 3 is 2.84 bits per heavy atom. The molecule has 1 aliphatic rings. The van der Waals surface area contributed by atoms with Crippen molar-refractivity contribution >= 4 is 17.3 Å². The van der Waals surface area contributed by atoms with Crippen molar-refractivity contribution in [3.05, 3.63) is 28.8 Å². The first-order chi connectivity index (χ1) is 9.15. The molecule has 1 fully saturated rings. The lowest BCUT2D eigenvalue weighted by molar-refractivity contribution is 0.569. The summed E-state index contributed by atoms with van der Waals surface area (Å²) < 4.78 is 0. The summed E-state index contributed by atoms with van der Waals surface area (Å²) in [5, 5.41) is 0.862. The second-order valence-electron chi connectivity index (χ2n) is 5.62. The topological polar surface area (TPSA) is 29.3 Å². The minimum Gasteiger partial charge on any atom is -0.371 e. The van der Waals surface area contributed by atoms with Crippen molar-refractivity contribution in [3.63, 3.8) is 0 Å². The lowest BCUT2D eigenvalue weighted by Gasteiger charge is -2.24. The molecule has 2 N–H and O–H groups in total. The normalized spacial score (nSPS) is 20.8. The molecule has 2 unspecified atom stereocenters. The van der Waals surface area contributed by atoms with Crippen LogP contribution in [0.4, 0.5) is 5.69 Å². The van der Waals surface area contributed by atoms with Crippen molar-refractivity contribution in [2.24, 2.45) is 11.7 Å². The molecular formula is C16H25ClN2. The van der Waals surface area contributed by atoms with E-state index in [4.69, 9.17) is 17.3 Å². The molecule has 1 aromatic carbocycles. The van der Waals surface area contributed by atoms with E-state index in [0.717, 1.165) is 36.9 Å². The zero-order valence-corrected chi connectivity index (χ0v) is 12.8. The summed E-state index contributed by atoms with van der Waals surface area (Å²) in [7, 11) is 0. The molecule has 0 spiro atoms. The van der Waals surface area contributed by atoms with E-state index in [1.54, 1.807) is 0 Å². The predicted octanol–water partition coefficient (Wildman–Crippen LogP) is 3.86. The van der Waals surface area contributed by atoms with Crippen LogP contribution in [0.15, 0.2) is 18.2 Å². The molecule has 2 nitrogen and oxygen atoms in total. The van der Waals surface area contributed by atoms with Gasteiger partial charge in [-0.3, -0.25) is 0 Å². The van der Waals surface area contributed by atoms with Gasteiger partial charge in [-0.05, 0) is 42.9 Å². The molecule has 2 atom stereocenters. The Morgan fingerprint density at radius 2 is 2.21 bits per heavy atom. The van der Waals surface area contributed by atoms with Crippen LogP contribution in [-0.4, -0.2) is 19.1 Å². The highest BCUT2D eigenvalue weighted by Crippen LogP contribution is 2.33. The number of halogens is 1. The highest BCUT2D eigenvalue weighted by molar-refractivity contribution is 6.31. The molecule has 0 aliphatic carbocycles. The van der Waals surface area contributed by atoms with Gasteiger partial charge in [-0.1, -0.05) is 37.9 Å². The standard InChI is InChI=1S/C16H25ClN2/c1-3-12-8-9-19(11-12)16-7-5-6-15(17)14(16)10-13(18)4-2/h5-7,12-13H,3-4,8-11,18H2,1-2H3. The summed E-state index contributed by atoms with van der Waals surface area (Å²) in [6, 6.07) is 6.43. The van der Waals surface area contributed by atoms with Crippen LogP contribution in [0.5, 0.6) is 0 Å². The van der Waals surface area contributed by atoms with Crippen LogP contribution in [0, 0.1) is 5.92 Å². The van der Waals surface area contributed by atoms with Gasteiger partial charge in [-0.2, -0.15) is 0 Å². The third kappa shape index (κ3) is 3.43.